The zero-order valence-electron chi connectivity index (χ0n) is 7.47. The molecular formula is C8H13N2S2+. The highest BCUT2D eigenvalue weighted by molar-refractivity contribution is 8.00. The van der Waals surface area contributed by atoms with E-state index in [1.165, 1.54) is 9.77 Å². The van der Waals surface area contributed by atoms with E-state index >= 15 is 0 Å². The van der Waals surface area contributed by atoms with E-state index in [2.05, 4.69) is 24.2 Å². The molecule has 2 nitrogen and oxygen atoms in total. The second kappa shape index (κ2) is 3.96. The highest BCUT2D eigenvalue weighted by Crippen LogP contribution is 2.29. The third-order valence-electron chi connectivity index (χ3n) is 1.59. The van der Waals surface area contributed by atoms with Crippen molar-refractivity contribution < 1.29 is 4.99 Å². The Morgan fingerprint density at radius 2 is 2.33 bits per heavy atom. The lowest BCUT2D eigenvalue weighted by molar-refractivity contribution is -0.420. The Kier molecular flexibility index (Phi) is 3.17. The molecule has 1 heterocycles. The molecule has 1 rings (SSSR count). The van der Waals surface area contributed by atoms with Crippen LogP contribution in [-0.4, -0.2) is 19.1 Å². The number of aryl methyl sites for hydroxylation is 1. The van der Waals surface area contributed by atoms with E-state index in [1.54, 1.807) is 23.1 Å². The minimum atomic E-state index is 0.753. The first-order valence-corrected chi connectivity index (χ1v) is 5.68. The normalized spacial score (nSPS) is 12.1. The van der Waals surface area contributed by atoms with Crippen molar-refractivity contribution in [3.63, 3.8) is 0 Å². The van der Waals surface area contributed by atoms with Crippen LogP contribution in [0, 0.1) is 6.92 Å². The van der Waals surface area contributed by atoms with Crippen LogP contribution in [-0.2, 0) is 0 Å². The van der Waals surface area contributed by atoms with Gasteiger partial charge in [-0.3, -0.25) is 10.7 Å². The number of amidine groups is 1. The van der Waals surface area contributed by atoms with Gasteiger partial charge in [0.1, 0.15) is 4.88 Å². The second-order valence-corrected chi connectivity index (χ2v) is 4.58. The van der Waals surface area contributed by atoms with Crippen LogP contribution in [0.5, 0.6) is 0 Å². The molecule has 1 aromatic heterocycles. The van der Waals surface area contributed by atoms with Gasteiger partial charge >= 0.3 is 0 Å². The Morgan fingerprint density at radius 3 is 2.75 bits per heavy atom. The van der Waals surface area contributed by atoms with Crippen molar-refractivity contribution in [1.82, 2.24) is 0 Å². The van der Waals surface area contributed by atoms with E-state index in [4.69, 9.17) is 5.73 Å². The van der Waals surface area contributed by atoms with Crippen molar-refractivity contribution in [2.75, 3.05) is 13.3 Å². The number of thiophene rings is 1. The van der Waals surface area contributed by atoms with Gasteiger partial charge in [-0.15, -0.1) is 23.1 Å². The smallest absolute Gasteiger partial charge is 0.282 e. The summed E-state index contributed by atoms with van der Waals surface area (Å²) < 4.78 is 1.34. The first-order valence-electron chi connectivity index (χ1n) is 3.64. The maximum atomic E-state index is 5.74. The molecule has 1 aromatic rings. The predicted molar refractivity (Wildman–Crippen MR) is 56.0 cm³/mol. The summed E-state index contributed by atoms with van der Waals surface area (Å²) in [4.78, 5) is 4.07. The third-order valence-corrected chi connectivity index (χ3v) is 4.10. The van der Waals surface area contributed by atoms with Crippen molar-refractivity contribution in [2.24, 2.45) is 5.73 Å². The maximum Gasteiger partial charge on any atom is 0.282 e. The van der Waals surface area contributed by atoms with Gasteiger partial charge in [0.15, 0.2) is 0 Å². The van der Waals surface area contributed by atoms with Crippen molar-refractivity contribution in [1.29, 1.82) is 0 Å². The number of nitrogens with two attached hydrogens (primary N) is 1. The first kappa shape index (κ1) is 9.61. The fourth-order valence-corrected chi connectivity index (χ4v) is 2.77. The van der Waals surface area contributed by atoms with Crippen LogP contribution in [0.25, 0.3) is 0 Å². The van der Waals surface area contributed by atoms with Gasteiger partial charge in [-0.1, -0.05) is 0 Å². The van der Waals surface area contributed by atoms with E-state index in [-0.39, 0.29) is 0 Å². The number of nitrogens with one attached hydrogen (secondary N) is 1. The van der Waals surface area contributed by atoms with Crippen LogP contribution in [0.1, 0.15) is 10.4 Å². The van der Waals surface area contributed by atoms with Gasteiger partial charge in [-0.05, 0) is 24.8 Å². The molecule has 66 valence electrons. The topological polar surface area (TPSA) is 40.0 Å². The Balaban J connectivity index is 3.04. The van der Waals surface area contributed by atoms with Crippen LogP contribution < -0.4 is 10.7 Å². The molecule has 0 saturated heterocycles. The molecule has 3 N–H and O–H groups in total. The summed E-state index contributed by atoms with van der Waals surface area (Å²) in [7, 11) is 1.84. The van der Waals surface area contributed by atoms with Crippen molar-refractivity contribution in [3.8, 4) is 0 Å². The molecule has 0 unspecified atom stereocenters. The molecule has 0 bridgehead atoms. The number of rotatable bonds is 2. The fourth-order valence-electron chi connectivity index (χ4n) is 0.924. The fraction of sp³-hybridized carbons (Fsp3) is 0.375. The average molecular weight is 201 g/mol. The quantitative estimate of drug-likeness (QED) is 0.407. The lowest BCUT2D eigenvalue weighted by atomic mass is 10.3. The van der Waals surface area contributed by atoms with E-state index < -0.39 is 0 Å². The van der Waals surface area contributed by atoms with Gasteiger partial charge in [0, 0.05) is 0 Å². The minimum Gasteiger partial charge on any atom is -0.286 e. The van der Waals surface area contributed by atoms with Gasteiger partial charge in [0.2, 0.25) is 0 Å². The van der Waals surface area contributed by atoms with Crippen LogP contribution in [0.15, 0.2) is 10.3 Å². The van der Waals surface area contributed by atoms with Gasteiger partial charge in [0.25, 0.3) is 5.84 Å². The summed E-state index contributed by atoms with van der Waals surface area (Å²) in [5, 5.41) is 0. The highest BCUT2D eigenvalue weighted by atomic mass is 32.2. The molecule has 0 spiro atoms. The molecule has 0 aromatic carbocycles. The second-order valence-electron chi connectivity index (χ2n) is 2.45. The number of hydrogen-bond donors (Lipinski definition) is 2. The van der Waals surface area contributed by atoms with E-state index in [9.17, 15) is 0 Å². The Hall–Kier alpha value is -0.480. The zero-order valence-corrected chi connectivity index (χ0v) is 9.10. The number of hydrogen-bond acceptors (Lipinski definition) is 2. The average Bonchev–Trinajstić information content (AvgIpc) is 2.45. The van der Waals surface area contributed by atoms with E-state index in [1.807, 2.05) is 7.05 Å². The molecule has 0 aliphatic carbocycles. The molecule has 0 atom stereocenters. The minimum absolute atomic E-state index is 0.753. The molecule has 0 amide bonds. The first-order chi connectivity index (χ1) is 5.69. The number of thioether (sulfide) groups is 1. The summed E-state index contributed by atoms with van der Waals surface area (Å²) in [6.07, 6.45) is 2.08. The lowest BCUT2D eigenvalue weighted by Gasteiger charge is -1.87. The number of nitrogen functional groups attached to an aromatic ring is 1. The monoisotopic (exact) mass is 201 g/mol. The lowest BCUT2D eigenvalue weighted by Crippen LogP contribution is -2.70. The molecule has 0 saturated carbocycles. The highest BCUT2D eigenvalue weighted by Gasteiger charge is 2.09. The summed E-state index contributed by atoms with van der Waals surface area (Å²) in [5.41, 5.74) is 7.04. The van der Waals surface area contributed by atoms with E-state index in [0.717, 1.165) is 10.7 Å². The molecule has 0 aliphatic rings. The standard InChI is InChI=1S/C8H12N2S2/c1-5-4-6(7(9)10-2)12-8(5)11-3/h4H,1-3H3,(H2,9,10)/p+1. The molecule has 12 heavy (non-hydrogen) atoms. The van der Waals surface area contributed by atoms with Crippen LogP contribution in [0.2, 0.25) is 0 Å². The van der Waals surface area contributed by atoms with Crippen molar-refractivity contribution >= 4 is 28.9 Å². The predicted octanol–water partition coefficient (Wildman–Crippen LogP) is 0.194. The SMILES string of the molecule is C[NH+]=C(N)c1cc(C)c(SC)s1. The Bertz CT molecular complexity index is 302. The largest absolute Gasteiger partial charge is 0.286 e. The van der Waals surface area contributed by atoms with Gasteiger partial charge in [0.05, 0.1) is 11.3 Å². The van der Waals surface area contributed by atoms with Gasteiger partial charge < -0.3 is 0 Å². The summed E-state index contributed by atoms with van der Waals surface area (Å²) in [6.45, 7) is 2.11. The molecule has 4 heteroatoms. The summed E-state index contributed by atoms with van der Waals surface area (Å²) >= 11 is 3.50. The third kappa shape index (κ3) is 1.81. The zero-order chi connectivity index (χ0) is 9.14. The maximum absolute atomic E-state index is 5.74. The van der Waals surface area contributed by atoms with Gasteiger partial charge in [-0.2, -0.15) is 0 Å². The van der Waals surface area contributed by atoms with Crippen molar-refractivity contribution in [2.45, 2.75) is 11.1 Å². The van der Waals surface area contributed by atoms with Gasteiger partial charge in [-0.25, -0.2) is 0 Å². The molecular weight excluding hydrogens is 188 g/mol. The molecule has 0 radical (unpaired) electrons. The van der Waals surface area contributed by atoms with E-state index in [0.29, 0.717) is 0 Å². The van der Waals surface area contributed by atoms with Crippen LogP contribution in [0.3, 0.4) is 0 Å². The van der Waals surface area contributed by atoms with Crippen molar-refractivity contribution in [3.05, 3.63) is 16.5 Å². The van der Waals surface area contributed by atoms with Crippen LogP contribution in [0.4, 0.5) is 0 Å². The summed E-state index contributed by atoms with van der Waals surface area (Å²) in [5.74, 6) is 0.753. The molecule has 0 aliphatic heterocycles. The molecule has 0 fully saturated rings. The summed E-state index contributed by atoms with van der Waals surface area (Å²) in [6, 6.07) is 2.11. The van der Waals surface area contributed by atoms with Crippen LogP contribution >= 0.6 is 23.1 Å². The Labute approximate surface area is 80.9 Å². The Morgan fingerprint density at radius 1 is 1.67 bits per heavy atom.